The topological polar surface area (TPSA) is 34.1 Å². The van der Waals surface area contributed by atoms with E-state index in [2.05, 4.69) is 6.07 Å². The molecule has 16 heavy (non-hydrogen) atoms. The number of thioether (sulfide) groups is 1. The molecule has 1 aromatic rings. The van der Waals surface area contributed by atoms with Crippen LogP contribution >= 0.6 is 22.4 Å². The Labute approximate surface area is 105 Å². The zero-order valence-electron chi connectivity index (χ0n) is 8.73. The van der Waals surface area contributed by atoms with Gasteiger partial charge in [0, 0.05) is 28.1 Å². The quantitative estimate of drug-likeness (QED) is 0.793. The average Bonchev–Trinajstić information content (AvgIpc) is 2.12. The number of rotatable bonds is 4. The molecule has 5 heteroatoms. The fraction of sp³-hybridized carbons (Fsp3) is 0.455. The standard InChI is InChI=1S/C11H13ClO2S2/c12-16(13,14)6-5-9-3-1-2-4-11(9)10-7-15-8-10/h1-4,10H,5-8H2. The Morgan fingerprint density at radius 3 is 2.56 bits per heavy atom. The molecule has 2 nitrogen and oxygen atoms in total. The largest absolute Gasteiger partial charge is 0.232 e. The van der Waals surface area contributed by atoms with Crippen LogP contribution in [0.15, 0.2) is 24.3 Å². The monoisotopic (exact) mass is 276 g/mol. The molecule has 0 radical (unpaired) electrons. The molecule has 1 aromatic carbocycles. The highest BCUT2D eigenvalue weighted by Gasteiger charge is 2.22. The first-order valence-electron chi connectivity index (χ1n) is 5.14. The maximum atomic E-state index is 10.9. The first-order valence-corrected chi connectivity index (χ1v) is 8.77. The summed E-state index contributed by atoms with van der Waals surface area (Å²) in [5, 5.41) is 0. The maximum absolute atomic E-state index is 10.9. The second-order valence-electron chi connectivity index (χ2n) is 3.93. The van der Waals surface area contributed by atoms with Crippen LogP contribution in [0.1, 0.15) is 17.0 Å². The number of hydrogen-bond donors (Lipinski definition) is 0. The van der Waals surface area contributed by atoms with Gasteiger partial charge in [-0.05, 0) is 17.5 Å². The first kappa shape index (κ1) is 12.3. The van der Waals surface area contributed by atoms with E-state index >= 15 is 0 Å². The molecular formula is C11H13ClO2S2. The molecule has 1 heterocycles. The minimum absolute atomic E-state index is 0.0193. The summed E-state index contributed by atoms with van der Waals surface area (Å²) in [5.41, 5.74) is 2.42. The molecule has 1 aliphatic heterocycles. The van der Waals surface area contributed by atoms with E-state index < -0.39 is 9.05 Å². The SMILES string of the molecule is O=S(=O)(Cl)CCc1ccccc1C1CSC1. The third kappa shape index (κ3) is 3.15. The molecular weight excluding hydrogens is 264 g/mol. The van der Waals surface area contributed by atoms with E-state index in [9.17, 15) is 8.42 Å². The van der Waals surface area contributed by atoms with Crippen LogP contribution in [0.5, 0.6) is 0 Å². The lowest BCUT2D eigenvalue weighted by Gasteiger charge is -2.27. The lowest BCUT2D eigenvalue weighted by atomic mass is 9.95. The zero-order chi connectivity index (χ0) is 11.6. The van der Waals surface area contributed by atoms with Crippen molar-refractivity contribution in [1.29, 1.82) is 0 Å². The van der Waals surface area contributed by atoms with Crippen LogP contribution in [0, 0.1) is 0 Å². The van der Waals surface area contributed by atoms with Crippen molar-refractivity contribution in [3.8, 4) is 0 Å². The Hall–Kier alpha value is -0.190. The third-order valence-electron chi connectivity index (χ3n) is 2.75. The summed E-state index contributed by atoms with van der Waals surface area (Å²) in [4.78, 5) is 0. The maximum Gasteiger partial charge on any atom is 0.232 e. The summed E-state index contributed by atoms with van der Waals surface area (Å²) in [6.07, 6.45) is 0.517. The molecule has 0 amide bonds. The predicted octanol–water partition coefficient (Wildman–Crippen LogP) is 2.63. The van der Waals surface area contributed by atoms with E-state index in [1.54, 1.807) is 0 Å². The van der Waals surface area contributed by atoms with Crippen molar-refractivity contribution >= 4 is 31.5 Å². The summed E-state index contributed by atoms with van der Waals surface area (Å²) in [6, 6.07) is 8.06. The molecule has 0 spiro atoms. The molecule has 88 valence electrons. The summed E-state index contributed by atoms with van der Waals surface area (Å²) in [7, 11) is 1.84. The van der Waals surface area contributed by atoms with Gasteiger partial charge in [-0.25, -0.2) is 8.42 Å². The number of aryl methyl sites for hydroxylation is 1. The molecule has 0 aromatic heterocycles. The van der Waals surface area contributed by atoms with E-state index in [4.69, 9.17) is 10.7 Å². The molecule has 2 rings (SSSR count). The van der Waals surface area contributed by atoms with Crippen LogP contribution in [-0.2, 0) is 15.5 Å². The van der Waals surface area contributed by atoms with E-state index in [-0.39, 0.29) is 5.75 Å². The second-order valence-corrected chi connectivity index (χ2v) is 7.90. The normalized spacial score (nSPS) is 17.1. The molecule has 0 unspecified atom stereocenters. The molecule has 0 saturated carbocycles. The minimum Gasteiger partial charge on any atom is -0.212 e. The van der Waals surface area contributed by atoms with Crippen molar-refractivity contribution in [2.75, 3.05) is 17.3 Å². The van der Waals surface area contributed by atoms with Gasteiger partial charge in [0.05, 0.1) is 5.75 Å². The lowest BCUT2D eigenvalue weighted by molar-refractivity contribution is 0.608. The van der Waals surface area contributed by atoms with Crippen LogP contribution in [0.25, 0.3) is 0 Å². The van der Waals surface area contributed by atoms with Gasteiger partial charge < -0.3 is 0 Å². The molecule has 0 bridgehead atoms. The molecule has 1 saturated heterocycles. The Morgan fingerprint density at radius 1 is 1.31 bits per heavy atom. The number of halogens is 1. The molecule has 1 aliphatic rings. The molecule has 1 fully saturated rings. The van der Waals surface area contributed by atoms with Gasteiger partial charge in [0.15, 0.2) is 0 Å². The molecule has 0 aliphatic carbocycles. The van der Waals surface area contributed by atoms with Crippen molar-refractivity contribution in [2.24, 2.45) is 0 Å². The van der Waals surface area contributed by atoms with E-state index in [1.165, 1.54) is 5.56 Å². The highest BCUT2D eigenvalue weighted by atomic mass is 35.7. The van der Waals surface area contributed by atoms with E-state index in [0.717, 1.165) is 17.1 Å². The summed E-state index contributed by atoms with van der Waals surface area (Å²) >= 11 is 1.93. The van der Waals surface area contributed by atoms with Gasteiger partial charge >= 0.3 is 0 Å². The first-order chi connectivity index (χ1) is 7.56. The summed E-state index contributed by atoms with van der Waals surface area (Å²) < 4.78 is 21.9. The van der Waals surface area contributed by atoms with Gasteiger partial charge in [0.2, 0.25) is 9.05 Å². The smallest absolute Gasteiger partial charge is 0.212 e. The van der Waals surface area contributed by atoms with Crippen LogP contribution in [0.2, 0.25) is 0 Å². The van der Waals surface area contributed by atoms with Crippen molar-refractivity contribution in [3.05, 3.63) is 35.4 Å². The fourth-order valence-electron chi connectivity index (χ4n) is 1.81. The Bertz CT molecular complexity index is 467. The van der Waals surface area contributed by atoms with Gasteiger partial charge in [-0.1, -0.05) is 24.3 Å². The van der Waals surface area contributed by atoms with Gasteiger partial charge in [-0.2, -0.15) is 11.8 Å². The Morgan fingerprint density at radius 2 is 2.00 bits per heavy atom. The van der Waals surface area contributed by atoms with Gasteiger partial charge in [0.25, 0.3) is 0 Å². The summed E-state index contributed by atoms with van der Waals surface area (Å²) in [6.45, 7) is 0. The van der Waals surface area contributed by atoms with Gasteiger partial charge in [-0.3, -0.25) is 0 Å². The lowest BCUT2D eigenvalue weighted by Crippen LogP contribution is -2.18. The minimum atomic E-state index is -3.39. The number of benzene rings is 1. The predicted molar refractivity (Wildman–Crippen MR) is 69.9 cm³/mol. The van der Waals surface area contributed by atoms with Crippen molar-refractivity contribution in [2.45, 2.75) is 12.3 Å². The Balaban J connectivity index is 2.13. The number of hydrogen-bond acceptors (Lipinski definition) is 3. The zero-order valence-corrected chi connectivity index (χ0v) is 11.1. The fourth-order valence-corrected chi connectivity index (χ4v) is 3.33. The third-order valence-corrected chi connectivity index (χ3v) is 5.18. The average molecular weight is 277 g/mol. The van der Waals surface area contributed by atoms with Crippen molar-refractivity contribution in [1.82, 2.24) is 0 Å². The van der Waals surface area contributed by atoms with Crippen LogP contribution in [0.3, 0.4) is 0 Å². The summed E-state index contributed by atoms with van der Waals surface area (Å²) in [5.74, 6) is 2.90. The highest BCUT2D eigenvalue weighted by Crippen LogP contribution is 2.35. The van der Waals surface area contributed by atoms with Gasteiger partial charge in [-0.15, -0.1) is 0 Å². The highest BCUT2D eigenvalue weighted by molar-refractivity contribution is 8.13. The van der Waals surface area contributed by atoms with E-state index in [1.807, 2.05) is 30.0 Å². The Kier molecular flexibility index (Phi) is 3.82. The van der Waals surface area contributed by atoms with Crippen LogP contribution < -0.4 is 0 Å². The van der Waals surface area contributed by atoms with E-state index in [0.29, 0.717) is 12.3 Å². The van der Waals surface area contributed by atoms with Crippen molar-refractivity contribution in [3.63, 3.8) is 0 Å². The second kappa shape index (κ2) is 4.98. The van der Waals surface area contributed by atoms with Crippen molar-refractivity contribution < 1.29 is 8.42 Å². The van der Waals surface area contributed by atoms with Gasteiger partial charge in [0.1, 0.15) is 0 Å². The van der Waals surface area contributed by atoms with Crippen LogP contribution in [-0.4, -0.2) is 25.7 Å². The molecule has 0 N–H and O–H groups in total. The van der Waals surface area contributed by atoms with Crippen LogP contribution in [0.4, 0.5) is 0 Å². The molecule has 0 atom stereocenters.